The normalized spacial score (nSPS) is 12.4. The summed E-state index contributed by atoms with van der Waals surface area (Å²) >= 11 is 0. The third kappa shape index (κ3) is 4.21. The molecule has 0 bridgehead atoms. The molecule has 4 nitrogen and oxygen atoms in total. The van der Waals surface area contributed by atoms with E-state index in [0.29, 0.717) is 23.0 Å². The number of halogens is 6. The lowest BCUT2D eigenvalue weighted by atomic mass is 10.1. The lowest BCUT2D eigenvalue weighted by Crippen LogP contribution is -2.14. The van der Waals surface area contributed by atoms with Crippen LogP contribution in [0.4, 0.5) is 26.3 Å². The monoisotopic (exact) mass is 388 g/mol. The minimum absolute atomic E-state index is 0.00298. The third-order valence-corrected chi connectivity index (χ3v) is 3.60. The Morgan fingerprint density at radius 2 is 1.52 bits per heavy atom. The van der Waals surface area contributed by atoms with Crippen molar-refractivity contribution < 1.29 is 31.1 Å². The van der Waals surface area contributed by atoms with E-state index in [0.717, 1.165) is 0 Å². The van der Waals surface area contributed by atoms with Crippen molar-refractivity contribution in [2.24, 2.45) is 0 Å². The Kier molecular flexibility index (Phi) is 4.58. The van der Waals surface area contributed by atoms with Crippen molar-refractivity contribution in [2.75, 3.05) is 0 Å². The van der Waals surface area contributed by atoms with E-state index in [1.807, 2.05) is 0 Å². The maximum Gasteiger partial charge on any atom is 0.416 e. The van der Waals surface area contributed by atoms with E-state index < -0.39 is 41.4 Å². The predicted octanol–water partition coefficient (Wildman–Crippen LogP) is 4.54. The Labute approximate surface area is 147 Å². The van der Waals surface area contributed by atoms with Crippen molar-refractivity contribution in [1.29, 1.82) is 0 Å². The topological polar surface area (TPSA) is 55.0 Å². The highest BCUT2D eigenvalue weighted by Crippen LogP contribution is 2.38. The van der Waals surface area contributed by atoms with Crippen LogP contribution in [-0.2, 0) is 19.0 Å². The van der Waals surface area contributed by atoms with Gasteiger partial charge in [-0.2, -0.15) is 26.3 Å². The van der Waals surface area contributed by atoms with Crippen molar-refractivity contribution in [3.05, 3.63) is 69.8 Å². The summed E-state index contributed by atoms with van der Waals surface area (Å²) in [5.74, 6) is -0.683. The molecule has 142 valence electrons. The molecule has 0 saturated carbocycles. The standard InChI is InChI=1S/C17H10F6N2O2/c18-16(19,20)9-5-10(17(21,22)23)7-11(6-9)27-8-14-24-13-4-2-1-3-12(13)15(26)25-14/h1-7H,8H2,(H,24,25,26). The van der Waals surface area contributed by atoms with Gasteiger partial charge in [-0.1, -0.05) is 12.1 Å². The van der Waals surface area contributed by atoms with Crippen LogP contribution in [0.1, 0.15) is 17.0 Å². The molecule has 0 spiro atoms. The average Bonchev–Trinajstić information content (AvgIpc) is 2.58. The SMILES string of the molecule is O=c1[nH]c(COc2cc(C(F)(F)F)cc(C(F)(F)F)c2)nc2ccccc12. The largest absolute Gasteiger partial charge is 0.486 e. The predicted molar refractivity (Wildman–Crippen MR) is 83.1 cm³/mol. The molecule has 3 rings (SSSR count). The van der Waals surface area contributed by atoms with Crippen LogP contribution in [0.25, 0.3) is 10.9 Å². The van der Waals surface area contributed by atoms with E-state index in [4.69, 9.17) is 4.74 Å². The number of aromatic nitrogens is 2. The van der Waals surface area contributed by atoms with Gasteiger partial charge < -0.3 is 9.72 Å². The maximum absolute atomic E-state index is 12.8. The number of hydrogen-bond acceptors (Lipinski definition) is 3. The van der Waals surface area contributed by atoms with E-state index in [1.165, 1.54) is 6.07 Å². The average molecular weight is 388 g/mol. The molecule has 1 N–H and O–H groups in total. The number of benzene rings is 2. The van der Waals surface area contributed by atoms with E-state index >= 15 is 0 Å². The first kappa shape index (κ1) is 18.7. The summed E-state index contributed by atoms with van der Waals surface area (Å²) in [6, 6.07) is 7.22. The summed E-state index contributed by atoms with van der Waals surface area (Å²) in [6.07, 6.45) is -9.95. The van der Waals surface area contributed by atoms with Crippen LogP contribution < -0.4 is 10.3 Å². The number of rotatable bonds is 3. The lowest BCUT2D eigenvalue weighted by Gasteiger charge is -2.14. The van der Waals surface area contributed by atoms with E-state index in [-0.39, 0.29) is 11.9 Å². The van der Waals surface area contributed by atoms with Gasteiger partial charge in [-0.3, -0.25) is 4.79 Å². The molecule has 1 heterocycles. The van der Waals surface area contributed by atoms with Gasteiger partial charge in [0.25, 0.3) is 5.56 Å². The van der Waals surface area contributed by atoms with Crippen LogP contribution in [0, 0.1) is 0 Å². The zero-order chi connectivity index (χ0) is 19.8. The summed E-state index contributed by atoms with van der Waals surface area (Å²) in [5, 5.41) is 0.291. The molecule has 0 aliphatic heterocycles. The summed E-state index contributed by atoms with van der Waals surface area (Å²) in [6.45, 7) is -0.515. The molecule has 27 heavy (non-hydrogen) atoms. The van der Waals surface area contributed by atoms with Gasteiger partial charge in [-0.25, -0.2) is 4.98 Å². The number of nitrogens with one attached hydrogen (secondary N) is 1. The highest BCUT2D eigenvalue weighted by atomic mass is 19.4. The fourth-order valence-corrected chi connectivity index (χ4v) is 2.36. The van der Waals surface area contributed by atoms with Gasteiger partial charge in [0, 0.05) is 0 Å². The molecule has 0 atom stereocenters. The van der Waals surface area contributed by atoms with E-state index in [2.05, 4.69) is 9.97 Å². The number of fused-ring (bicyclic) bond motifs is 1. The van der Waals surface area contributed by atoms with Gasteiger partial charge >= 0.3 is 12.4 Å². The number of aromatic amines is 1. The molecule has 0 saturated heterocycles. The van der Waals surface area contributed by atoms with Gasteiger partial charge in [0.2, 0.25) is 0 Å². The Morgan fingerprint density at radius 3 is 2.11 bits per heavy atom. The smallest absolute Gasteiger partial charge is 0.416 e. The molecular formula is C17H10F6N2O2. The van der Waals surface area contributed by atoms with Crippen molar-refractivity contribution >= 4 is 10.9 Å². The van der Waals surface area contributed by atoms with Crippen molar-refractivity contribution in [3.63, 3.8) is 0 Å². The molecule has 10 heteroatoms. The quantitative estimate of drug-likeness (QED) is 0.671. The molecule has 1 aromatic heterocycles. The summed E-state index contributed by atoms with van der Waals surface area (Å²) in [4.78, 5) is 18.4. The number of para-hydroxylation sites is 1. The first-order valence-corrected chi connectivity index (χ1v) is 7.44. The minimum Gasteiger partial charge on any atom is -0.486 e. The lowest BCUT2D eigenvalue weighted by molar-refractivity contribution is -0.143. The van der Waals surface area contributed by atoms with Crippen molar-refractivity contribution in [2.45, 2.75) is 19.0 Å². The number of ether oxygens (including phenoxy) is 1. The maximum atomic E-state index is 12.8. The van der Waals surface area contributed by atoms with E-state index in [1.54, 1.807) is 18.2 Å². The first-order chi connectivity index (χ1) is 12.5. The third-order valence-electron chi connectivity index (χ3n) is 3.60. The minimum atomic E-state index is -4.98. The summed E-state index contributed by atoms with van der Waals surface area (Å²) in [7, 11) is 0. The van der Waals surface area contributed by atoms with Crippen LogP contribution in [0.15, 0.2) is 47.3 Å². The summed E-state index contributed by atoms with van der Waals surface area (Å²) < 4.78 is 82.1. The van der Waals surface area contributed by atoms with Crippen LogP contribution in [-0.4, -0.2) is 9.97 Å². The fourth-order valence-electron chi connectivity index (χ4n) is 2.36. The summed E-state index contributed by atoms with van der Waals surface area (Å²) in [5.41, 5.74) is -3.17. The fraction of sp³-hybridized carbons (Fsp3) is 0.176. The molecule has 2 aromatic carbocycles. The van der Waals surface area contributed by atoms with Gasteiger partial charge in [0.1, 0.15) is 18.2 Å². The zero-order valence-corrected chi connectivity index (χ0v) is 13.3. The van der Waals surface area contributed by atoms with Crippen LogP contribution >= 0.6 is 0 Å². The number of hydrogen-bond donors (Lipinski definition) is 1. The number of alkyl halides is 6. The van der Waals surface area contributed by atoms with Gasteiger partial charge in [-0.15, -0.1) is 0 Å². The van der Waals surface area contributed by atoms with E-state index in [9.17, 15) is 31.1 Å². The van der Waals surface area contributed by atoms with Crippen LogP contribution in [0.5, 0.6) is 5.75 Å². The molecule has 0 amide bonds. The Hall–Kier alpha value is -3.04. The van der Waals surface area contributed by atoms with Crippen molar-refractivity contribution in [3.8, 4) is 5.75 Å². The van der Waals surface area contributed by atoms with Gasteiger partial charge in [0.05, 0.1) is 22.0 Å². The molecule has 3 aromatic rings. The van der Waals surface area contributed by atoms with Crippen LogP contribution in [0.2, 0.25) is 0 Å². The molecule has 0 fully saturated rings. The number of H-pyrrole nitrogens is 1. The van der Waals surface area contributed by atoms with Gasteiger partial charge in [0.15, 0.2) is 0 Å². The second kappa shape index (κ2) is 6.60. The molecule has 0 unspecified atom stereocenters. The molecule has 0 aliphatic rings. The highest BCUT2D eigenvalue weighted by Gasteiger charge is 2.37. The number of nitrogens with zero attached hydrogens (tertiary/aromatic N) is 1. The molecule has 0 radical (unpaired) electrons. The molecular weight excluding hydrogens is 378 g/mol. The Balaban J connectivity index is 1.93. The first-order valence-electron chi connectivity index (χ1n) is 7.44. The van der Waals surface area contributed by atoms with Gasteiger partial charge in [-0.05, 0) is 30.3 Å². The highest BCUT2D eigenvalue weighted by molar-refractivity contribution is 5.77. The zero-order valence-electron chi connectivity index (χ0n) is 13.3. The Morgan fingerprint density at radius 1 is 0.926 bits per heavy atom. The van der Waals surface area contributed by atoms with Crippen LogP contribution in [0.3, 0.4) is 0 Å². The second-order valence-electron chi connectivity index (χ2n) is 5.56. The Bertz CT molecular complexity index is 1010. The van der Waals surface area contributed by atoms with Crippen molar-refractivity contribution in [1.82, 2.24) is 9.97 Å². The second-order valence-corrected chi connectivity index (χ2v) is 5.56. The molecule has 0 aliphatic carbocycles.